The maximum atomic E-state index is 13.4. The van der Waals surface area contributed by atoms with Gasteiger partial charge in [0, 0.05) is 6.54 Å². The van der Waals surface area contributed by atoms with Crippen LogP contribution in [0.4, 0.5) is 4.39 Å². The van der Waals surface area contributed by atoms with Gasteiger partial charge in [-0.25, -0.2) is 4.39 Å². The molecule has 0 aliphatic rings. The molecule has 0 N–H and O–H groups in total. The second-order valence-corrected chi connectivity index (χ2v) is 6.15. The van der Waals surface area contributed by atoms with Crippen molar-refractivity contribution in [2.45, 2.75) is 20.4 Å². The van der Waals surface area contributed by atoms with Gasteiger partial charge in [0.05, 0.1) is 15.8 Å². The molecule has 2 aromatic heterocycles. The molecule has 118 valence electrons. The maximum Gasteiger partial charge on any atom is 0.283 e. The molecule has 2 heterocycles. The summed E-state index contributed by atoms with van der Waals surface area (Å²) in [5.74, 6) is 0.518. The second-order valence-electron chi connectivity index (χ2n) is 5.14. The first-order valence-electron chi connectivity index (χ1n) is 7.05. The number of furan rings is 1. The molecule has 0 unspecified atom stereocenters. The van der Waals surface area contributed by atoms with Crippen molar-refractivity contribution >= 4 is 27.5 Å². The number of carbonyl (C=O) groups excluding carboxylic acids is 1. The van der Waals surface area contributed by atoms with Gasteiger partial charge in [-0.1, -0.05) is 17.4 Å². The minimum atomic E-state index is -0.371. The van der Waals surface area contributed by atoms with Crippen LogP contribution >= 0.6 is 11.3 Å². The van der Waals surface area contributed by atoms with Crippen molar-refractivity contribution in [1.29, 1.82) is 0 Å². The minimum absolute atomic E-state index is 0.316. The molecule has 0 saturated carbocycles. The molecule has 0 radical (unpaired) electrons. The molecule has 0 aliphatic carbocycles. The maximum absolute atomic E-state index is 13.4. The summed E-state index contributed by atoms with van der Waals surface area (Å²) in [6.45, 7) is 7.72. The highest BCUT2D eigenvalue weighted by atomic mass is 32.1. The Labute approximate surface area is 136 Å². The normalized spacial score (nSPS) is 12.0. The Morgan fingerprint density at radius 2 is 2.22 bits per heavy atom. The zero-order valence-electron chi connectivity index (χ0n) is 12.8. The number of nitrogens with zero attached hydrogens (tertiary/aromatic N) is 2. The highest BCUT2D eigenvalue weighted by Gasteiger charge is 2.14. The van der Waals surface area contributed by atoms with Crippen LogP contribution < -0.4 is 4.80 Å². The van der Waals surface area contributed by atoms with Gasteiger partial charge in [0.15, 0.2) is 4.80 Å². The van der Waals surface area contributed by atoms with E-state index in [1.165, 1.54) is 23.5 Å². The van der Waals surface area contributed by atoms with Crippen LogP contribution in [0.2, 0.25) is 0 Å². The van der Waals surface area contributed by atoms with Crippen LogP contribution in [-0.4, -0.2) is 10.5 Å². The van der Waals surface area contributed by atoms with E-state index < -0.39 is 0 Å². The molecule has 1 aromatic carbocycles. The number of halogens is 1. The van der Waals surface area contributed by atoms with E-state index in [9.17, 15) is 9.18 Å². The van der Waals surface area contributed by atoms with Crippen LogP contribution in [0.3, 0.4) is 0 Å². The number of aryl methyl sites for hydroxylation is 2. The quantitative estimate of drug-likeness (QED) is 0.682. The molecule has 3 rings (SSSR count). The number of amides is 1. The summed E-state index contributed by atoms with van der Waals surface area (Å²) in [5, 5.41) is 0. The van der Waals surface area contributed by atoms with Crippen LogP contribution in [0.5, 0.6) is 0 Å². The van der Waals surface area contributed by atoms with E-state index in [4.69, 9.17) is 4.42 Å². The Bertz CT molecular complexity index is 978. The Kier molecular flexibility index (Phi) is 4.00. The SMILES string of the molecule is C=CCn1c(=NC(=O)c2cc(C)oc2C)sc2cc(F)ccc21. The van der Waals surface area contributed by atoms with E-state index in [-0.39, 0.29) is 11.7 Å². The molecule has 0 aliphatic heterocycles. The summed E-state index contributed by atoms with van der Waals surface area (Å²) < 4.78 is 21.4. The molecule has 0 atom stereocenters. The lowest BCUT2D eigenvalue weighted by molar-refractivity contribution is 0.0996. The predicted octanol–water partition coefficient (Wildman–Crippen LogP) is 3.98. The van der Waals surface area contributed by atoms with E-state index in [0.29, 0.717) is 28.4 Å². The van der Waals surface area contributed by atoms with Crippen molar-refractivity contribution in [2.24, 2.45) is 4.99 Å². The highest BCUT2D eigenvalue weighted by Crippen LogP contribution is 2.19. The smallest absolute Gasteiger partial charge is 0.283 e. The first kappa shape index (κ1) is 15.4. The van der Waals surface area contributed by atoms with Gasteiger partial charge in [-0.15, -0.1) is 6.58 Å². The predicted molar refractivity (Wildman–Crippen MR) is 88.0 cm³/mol. The molecule has 1 amide bonds. The van der Waals surface area contributed by atoms with Crippen LogP contribution in [0.1, 0.15) is 21.9 Å². The fourth-order valence-electron chi connectivity index (χ4n) is 2.43. The fraction of sp³-hybridized carbons (Fsp3) is 0.176. The second kappa shape index (κ2) is 5.96. The number of hydrogen-bond donors (Lipinski definition) is 0. The van der Waals surface area contributed by atoms with E-state index in [1.807, 2.05) is 4.57 Å². The summed E-state index contributed by atoms with van der Waals surface area (Å²) >= 11 is 1.27. The van der Waals surface area contributed by atoms with Gasteiger partial charge in [0.1, 0.15) is 17.3 Å². The van der Waals surface area contributed by atoms with E-state index in [1.54, 1.807) is 32.1 Å². The summed E-state index contributed by atoms with van der Waals surface area (Å²) in [4.78, 5) is 17.1. The molecular formula is C17H15FN2O2S. The van der Waals surface area contributed by atoms with Crippen LogP contribution in [0.15, 0.2) is 46.3 Å². The van der Waals surface area contributed by atoms with Gasteiger partial charge in [-0.3, -0.25) is 4.79 Å². The third kappa shape index (κ3) is 2.90. The van der Waals surface area contributed by atoms with E-state index >= 15 is 0 Å². The fourth-order valence-corrected chi connectivity index (χ4v) is 3.49. The summed E-state index contributed by atoms with van der Waals surface area (Å²) in [7, 11) is 0. The van der Waals surface area contributed by atoms with E-state index in [2.05, 4.69) is 11.6 Å². The lowest BCUT2D eigenvalue weighted by atomic mass is 10.2. The third-order valence-electron chi connectivity index (χ3n) is 3.43. The number of benzene rings is 1. The average molecular weight is 330 g/mol. The van der Waals surface area contributed by atoms with Gasteiger partial charge in [-0.2, -0.15) is 4.99 Å². The molecule has 6 heteroatoms. The topological polar surface area (TPSA) is 47.5 Å². The third-order valence-corrected chi connectivity index (χ3v) is 4.47. The van der Waals surface area contributed by atoms with E-state index in [0.717, 1.165) is 10.2 Å². The van der Waals surface area contributed by atoms with Gasteiger partial charge >= 0.3 is 0 Å². The van der Waals surface area contributed by atoms with Gasteiger partial charge in [0.25, 0.3) is 5.91 Å². The van der Waals surface area contributed by atoms with Crippen LogP contribution in [0.25, 0.3) is 10.2 Å². The van der Waals surface area contributed by atoms with Crippen molar-refractivity contribution in [3.63, 3.8) is 0 Å². The molecule has 0 bridgehead atoms. The number of fused-ring (bicyclic) bond motifs is 1. The van der Waals surface area contributed by atoms with Gasteiger partial charge in [-0.05, 0) is 38.1 Å². The van der Waals surface area contributed by atoms with Crippen molar-refractivity contribution in [1.82, 2.24) is 4.57 Å². The van der Waals surface area contributed by atoms with Gasteiger partial charge in [0.2, 0.25) is 0 Å². The van der Waals surface area contributed by atoms with Gasteiger partial charge < -0.3 is 8.98 Å². The zero-order chi connectivity index (χ0) is 16.6. The lowest BCUT2D eigenvalue weighted by Gasteiger charge is -2.00. The zero-order valence-corrected chi connectivity index (χ0v) is 13.6. The molecule has 0 spiro atoms. The number of rotatable bonds is 3. The average Bonchev–Trinajstić information content (AvgIpc) is 2.99. The Morgan fingerprint density at radius 3 is 2.87 bits per heavy atom. The first-order valence-corrected chi connectivity index (χ1v) is 7.87. The van der Waals surface area contributed by atoms with Crippen molar-refractivity contribution in [3.05, 3.63) is 64.6 Å². The van der Waals surface area contributed by atoms with Crippen molar-refractivity contribution in [3.8, 4) is 0 Å². The molecule has 4 nitrogen and oxygen atoms in total. The summed E-state index contributed by atoms with van der Waals surface area (Å²) in [6, 6.07) is 6.19. The number of aromatic nitrogens is 1. The molecular weight excluding hydrogens is 315 g/mol. The Hall–Kier alpha value is -2.47. The van der Waals surface area contributed by atoms with Crippen LogP contribution in [-0.2, 0) is 6.54 Å². The largest absolute Gasteiger partial charge is 0.466 e. The lowest BCUT2D eigenvalue weighted by Crippen LogP contribution is -2.16. The number of carbonyl (C=O) groups is 1. The Morgan fingerprint density at radius 1 is 1.43 bits per heavy atom. The van der Waals surface area contributed by atoms with Crippen molar-refractivity contribution < 1.29 is 13.6 Å². The number of hydrogen-bond acceptors (Lipinski definition) is 3. The van der Waals surface area contributed by atoms with Crippen molar-refractivity contribution in [2.75, 3.05) is 0 Å². The molecule has 3 aromatic rings. The molecule has 0 fully saturated rings. The standard InChI is InChI=1S/C17H15FN2O2S/c1-4-7-20-14-6-5-12(18)9-15(14)23-17(20)19-16(21)13-8-10(2)22-11(13)3/h4-6,8-9H,1,7H2,2-3H3. The number of thiazole rings is 1. The first-order chi connectivity index (χ1) is 11.0. The summed E-state index contributed by atoms with van der Waals surface area (Å²) in [6.07, 6.45) is 1.71. The molecule has 23 heavy (non-hydrogen) atoms. The number of allylic oxidation sites excluding steroid dienone is 1. The molecule has 0 saturated heterocycles. The van der Waals surface area contributed by atoms with Crippen LogP contribution in [0, 0.1) is 19.7 Å². The monoisotopic (exact) mass is 330 g/mol. The minimum Gasteiger partial charge on any atom is -0.466 e. The Balaban J connectivity index is 2.17. The summed E-state index contributed by atoms with van der Waals surface area (Å²) in [5.41, 5.74) is 1.26. The highest BCUT2D eigenvalue weighted by molar-refractivity contribution is 7.16.